The summed E-state index contributed by atoms with van der Waals surface area (Å²) in [6.45, 7) is 2.62. The van der Waals surface area contributed by atoms with Gasteiger partial charge >= 0.3 is 0 Å². The van der Waals surface area contributed by atoms with Crippen LogP contribution >= 0.6 is 15.9 Å². The van der Waals surface area contributed by atoms with Crippen molar-refractivity contribution in [1.82, 2.24) is 9.97 Å². The first kappa shape index (κ1) is 12.8. The van der Waals surface area contributed by atoms with Crippen LogP contribution in [0.15, 0.2) is 34.8 Å². The third-order valence-electron chi connectivity index (χ3n) is 2.46. The fourth-order valence-electron chi connectivity index (χ4n) is 1.63. The Morgan fingerprint density at radius 1 is 1.17 bits per heavy atom. The molecule has 0 saturated carbocycles. The molecule has 0 radical (unpaired) electrons. The number of aromatic nitrogens is 2. The first-order valence-corrected chi connectivity index (χ1v) is 6.48. The third-order valence-corrected chi connectivity index (χ3v) is 2.95. The lowest BCUT2D eigenvalue weighted by Gasteiger charge is -2.08. The van der Waals surface area contributed by atoms with E-state index in [0.717, 1.165) is 28.5 Å². The van der Waals surface area contributed by atoms with Crippen molar-refractivity contribution in [2.75, 3.05) is 17.7 Å². The zero-order valence-corrected chi connectivity index (χ0v) is 12.0. The fourth-order valence-corrected chi connectivity index (χ4v) is 2.07. The Kier molecular flexibility index (Phi) is 4.15. The van der Waals surface area contributed by atoms with Crippen LogP contribution in [0.25, 0.3) is 0 Å². The van der Waals surface area contributed by atoms with Gasteiger partial charge in [-0.15, -0.1) is 0 Å². The van der Waals surface area contributed by atoms with Gasteiger partial charge in [0.05, 0.1) is 0 Å². The number of hydrogen-bond donors (Lipinski definition) is 2. The summed E-state index contributed by atoms with van der Waals surface area (Å²) in [6, 6.07) is 10.1. The molecule has 94 valence electrons. The van der Waals surface area contributed by atoms with Crippen molar-refractivity contribution in [2.24, 2.45) is 0 Å². The van der Waals surface area contributed by atoms with E-state index >= 15 is 0 Å². The molecule has 0 saturated heterocycles. The largest absolute Gasteiger partial charge is 0.373 e. The normalized spacial score (nSPS) is 10.2. The van der Waals surface area contributed by atoms with Crippen LogP contribution in [0.1, 0.15) is 11.4 Å². The number of anilines is 2. The average Bonchev–Trinajstić information content (AvgIpc) is 2.36. The second-order valence-corrected chi connectivity index (χ2v) is 4.83. The smallest absolute Gasteiger partial charge is 0.132 e. The van der Waals surface area contributed by atoms with E-state index in [1.54, 1.807) is 0 Å². The summed E-state index contributed by atoms with van der Waals surface area (Å²) in [5.41, 5.74) is 1.20. The second kappa shape index (κ2) is 5.82. The van der Waals surface area contributed by atoms with Gasteiger partial charge in [0.2, 0.25) is 0 Å². The summed E-state index contributed by atoms with van der Waals surface area (Å²) in [4.78, 5) is 8.60. The van der Waals surface area contributed by atoms with Gasteiger partial charge in [-0.1, -0.05) is 28.1 Å². The predicted molar refractivity (Wildman–Crippen MR) is 77.8 cm³/mol. The van der Waals surface area contributed by atoms with Crippen LogP contribution in [0.2, 0.25) is 0 Å². The summed E-state index contributed by atoms with van der Waals surface area (Å²) in [6.07, 6.45) is 0. The van der Waals surface area contributed by atoms with Crippen LogP contribution in [-0.2, 0) is 6.54 Å². The Hall–Kier alpha value is -1.62. The average molecular weight is 307 g/mol. The van der Waals surface area contributed by atoms with Crippen LogP contribution in [-0.4, -0.2) is 17.0 Å². The van der Waals surface area contributed by atoms with E-state index in [9.17, 15) is 0 Å². The molecule has 4 nitrogen and oxygen atoms in total. The van der Waals surface area contributed by atoms with Gasteiger partial charge in [-0.05, 0) is 24.6 Å². The van der Waals surface area contributed by atoms with E-state index in [2.05, 4.69) is 48.7 Å². The Morgan fingerprint density at radius 3 is 2.67 bits per heavy atom. The highest BCUT2D eigenvalue weighted by atomic mass is 79.9. The maximum absolute atomic E-state index is 4.35. The Labute approximate surface area is 115 Å². The van der Waals surface area contributed by atoms with E-state index in [1.807, 2.05) is 32.2 Å². The molecule has 0 fully saturated rings. The van der Waals surface area contributed by atoms with Crippen molar-refractivity contribution in [3.8, 4) is 0 Å². The van der Waals surface area contributed by atoms with E-state index < -0.39 is 0 Å². The molecule has 0 amide bonds. The molecule has 2 rings (SSSR count). The molecule has 5 heteroatoms. The van der Waals surface area contributed by atoms with E-state index in [-0.39, 0.29) is 0 Å². The summed E-state index contributed by atoms with van der Waals surface area (Å²) in [7, 11) is 1.85. The van der Waals surface area contributed by atoms with Gasteiger partial charge in [0.1, 0.15) is 17.5 Å². The summed E-state index contributed by atoms with van der Waals surface area (Å²) >= 11 is 3.46. The zero-order chi connectivity index (χ0) is 13.0. The van der Waals surface area contributed by atoms with E-state index in [1.165, 1.54) is 5.56 Å². The molecule has 0 bridgehead atoms. The molecule has 0 aliphatic carbocycles. The molecule has 1 aromatic heterocycles. The molecular weight excluding hydrogens is 292 g/mol. The van der Waals surface area contributed by atoms with Gasteiger partial charge in [0.15, 0.2) is 0 Å². The number of nitrogens with one attached hydrogen (secondary N) is 2. The quantitative estimate of drug-likeness (QED) is 0.911. The van der Waals surface area contributed by atoms with Gasteiger partial charge in [0.25, 0.3) is 0 Å². The highest BCUT2D eigenvalue weighted by Gasteiger charge is 2.00. The number of benzene rings is 1. The number of nitrogens with zero attached hydrogens (tertiary/aromatic N) is 2. The first-order chi connectivity index (χ1) is 8.67. The number of halogens is 1. The van der Waals surface area contributed by atoms with Crippen LogP contribution in [0, 0.1) is 6.92 Å². The van der Waals surface area contributed by atoms with Crippen LogP contribution in [0.4, 0.5) is 11.6 Å². The molecule has 2 aromatic rings. The standard InChI is InChI=1S/C13H15BrN4/c1-9-17-12(15-2)7-13(18-9)16-8-10-4-3-5-11(14)6-10/h3-7H,8H2,1-2H3,(H2,15,16,17,18). The lowest BCUT2D eigenvalue weighted by molar-refractivity contribution is 1.02. The Balaban J connectivity index is 2.08. The SMILES string of the molecule is CNc1cc(NCc2cccc(Br)c2)nc(C)n1. The van der Waals surface area contributed by atoms with Gasteiger partial charge in [-0.25, -0.2) is 9.97 Å². The van der Waals surface area contributed by atoms with Gasteiger partial charge in [-0.3, -0.25) is 0 Å². The van der Waals surface area contributed by atoms with Crippen LogP contribution in [0.5, 0.6) is 0 Å². The minimum Gasteiger partial charge on any atom is -0.373 e. The van der Waals surface area contributed by atoms with Gasteiger partial charge in [0, 0.05) is 24.1 Å². The van der Waals surface area contributed by atoms with Crippen molar-refractivity contribution in [3.63, 3.8) is 0 Å². The first-order valence-electron chi connectivity index (χ1n) is 5.69. The maximum atomic E-state index is 4.35. The molecule has 0 unspecified atom stereocenters. The van der Waals surface area contributed by atoms with Crippen LogP contribution in [0.3, 0.4) is 0 Å². The molecule has 1 aromatic carbocycles. The second-order valence-electron chi connectivity index (χ2n) is 3.92. The van der Waals surface area contributed by atoms with Crippen molar-refractivity contribution >= 4 is 27.6 Å². The number of aryl methyl sites for hydroxylation is 1. The molecule has 1 heterocycles. The molecule has 0 aliphatic rings. The monoisotopic (exact) mass is 306 g/mol. The highest BCUT2D eigenvalue weighted by molar-refractivity contribution is 9.10. The molecule has 0 aliphatic heterocycles. The topological polar surface area (TPSA) is 49.8 Å². The van der Waals surface area contributed by atoms with Crippen molar-refractivity contribution in [2.45, 2.75) is 13.5 Å². The fraction of sp³-hybridized carbons (Fsp3) is 0.231. The summed E-state index contributed by atoms with van der Waals surface area (Å²) < 4.78 is 1.08. The molecule has 18 heavy (non-hydrogen) atoms. The zero-order valence-electron chi connectivity index (χ0n) is 10.4. The molecule has 2 N–H and O–H groups in total. The number of hydrogen-bond acceptors (Lipinski definition) is 4. The molecule has 0 spiro atoms. The predicted octanol–water partition coefficient (Wildman–Crippen LogP) is 3.20. The Morgan fingerprint density at radius 2 is 1.94 bits per heavy atom. The van der Waals surface area contributed by atoms with E-state index in [4.69, 9.17) is 0 Å². The third kappa shape index (κ3) is 3.43. The van der Waals surface area contributed by atoms with Crippen molar-refractivity contribution in [3.05, 3.63) is 46.2 Å². The minimum absolute atomic E-state index is 0.735. The molecular formula is C13H15BrN4. The highest BCUT2D eigenvalue weighted by Crippen LogP contribution is 2.14. The molecule has 0 atom stereocenters. The summed E-state index contributed by atoms with van der Waals surface area (Å²) in [5, 5.41) is 6.31. The lowest BCUT2D eigenvalue weighted by Crippen LogP contribution is -2.05. The van der Waals surface area contributed by atoms with Crippen molar-refractivity contribution in [1.29, 1.82) is 0 Å². The van der Waals surface area contributed by atoms with Crippen molar-refractivity contribution < 1.29 is 0 Å². The van der Waals surface area contributed by atoms with Gasteiger partial charge < -0.3 is 10.6 Å². The van der Waals surface area contributed by atoms with Gasteiger partial charge in [-0.2, -0.15) is 0 Å². The maximum Gasteiger partial charge on any atom is 0.132 e. The lowest BCUT2D eigenvalue weighted by atomic mass is 10.2. The Bertz CT molecular complexity index is 542. The van der Waals surface area contributed by atoms with E-state index in [0.29, 0.717) is 0 Å². The van der Waals surface area contributed by atoms with Crippen LogP contribution < -0.4 is 10.6 Å². The minimum atomic E-state index is 0.735. The summed E-state index contributed by atoms with van der Waals surface area (Å²) in [5.74, 6) is 2.39. The number of rotatable bonds is 4.